The zero-order valence-electron chi connectivity index (χ0n) is 11.7. The first-order chi connectivity index (χ1) is 9.90. The minimum absolute atomic E-state index is 0.468. The van der Waals surface area contributed by atoms with Crippen LogP contribution in [-0.4, -0.2) is 18.8 Å². The number of fused-ring (bicyclic) bond motifs is 1. The summed E-state index contributed by atoms with van der Waals surface area (Å²) < 4.78 is 5.89. The number of ether oxygens (including phenoxy) is 1. The summed E-state index contributed by atoms with van der Waals surface area (Å²) in [5, 5.41) is 6.35. The molecule has 0 amide bonds. The summed E-state index contributed by atoms with van der Waals surface area (Å²) >= 11 is 0. The number of hydrogen-bond donors (Lipinski definition) is 1. The standard InChI is InChI=1S/C18H21NO/c1-2-4-16-11-13(5-6-14(16)3-1)12-19-17-9-10-20-18(17)15-7-8-15/h1-6,11,15,17-19H,7-10,12H2. The van der Waals surface area contributed by atoms with Crippen molar-refractivity contribution < 1.29 is 4.74 Å². The molecule has 1 aliphatic carbocycles. The highest BCUT2D eigenvalue weighted by Gasteiger charge is 2.40. The summed E-state index contributed by atoms with van der Waals surface area (Å²) in [6.07, 6.45) is 4.35. The summed E-state index contributed by atoms with van der Waals surface area (Å²) in [6.45, 7) is 1.87. The van der Waals surface area contributed by atoms with Gasteiger partial charge in [0, 0.05) is 19.2 Å². The lowest BCUT2D eigenvalue weighted by atomic mass is 10.0. The molecule has 0 radical (unpaired) electrons. The van der Waals surface area contributed by atoms with Crippen molar-refractivity contribution >= 4 is 10.8 Å². The highest BCUT2D eigenvalue weighted by molar-refractivity contribution is 5.82. The minimum atomic E-state index is 0.468. The molecule has 2 unspecified atom stereocenters. The number of nitrogens with one attached hydrogen (secondary N) is 1. The van der Waals surface area contributed by atoms with Gasteiger partial charge in [-0.2, -0.15) is 0 Å². The molecule has 4 rings (SSSR count). The van der Waals surface area contributed by atoms with Crippen molar-refractivity contribution in [3.8, 4) is 0 Å². The van der Waals surface area contributed by atoms with Crippen LogP contribution in [0.15, 0.2) is 42.5 Å². The molecule has 1 heterocycles. The first-order valence-corrected chi connectivity index (χ1v) is 7.73. The van der Waals surface area contributed by atoms with Crippen LogP contribution in [0.2, 0.25) is 0 Å². The molecule has 2 fully saturated rings. The predicted octanol–water partition coefficient (Wildman–Crippen LogP) is 3.50. The van der Waals surface area contributed by atoms with Crippen molar-refractivity contribution in [3.05, 3.63) is 48.0 Å². The first kappa shape index (κ1) is 12.4. The van der Waals surface area contributed by atoms with Crippen LogP contribution in [0.4, 0.5) is 0 Å². The number of benzene rings is 2. The Balaban J connectivity index is 1.44. The van der Waals surface area contributed by atoms with E-state index in [2.05, 4.69) is 47.8 Å². The summed E-state index contributed by atoms with van der Waals surface area (Å²) in [4.78, 5) is 0. The van der Waals surface area contributed by atoms with Crippen molar-refractivity contribution in [2.45, 2.75) is 38.0 Å². The van der Waals surface area contributed by atoms with E-state index in [4.69, 9.17) is 4.74 Å². The van der Waals surface area contributed by atoms with E-state index in [1.54, 1.807) is 0 Å². The molecule has 1 saturated carbocycles. The Morgan fingerprint density at radius 3 is 2.70 bits per heavy atom. The van der Waals surface area contributed by atoms with E-state index >= 15 is 0 Å². The van der Waals surface area contributed by atoms with Crippen molar-refractivity contribution in [2.75, 3.05) is 6.61 Å². The van der Waals surface area contributed by atoms with E-state index in [1.165, 1.54) is 29.2 Å². The van der Waals surface area contributed by atoms with Gasteiger partial charge in [0.05, 0.1) is 6.10 Å². The van der Waals surface area contributed by atoms with Gasteiger partial charge >= 0.3 is 0 Å². The molecule has 2 aromatic carbocycles. The Labute approximate surface area is 120 Å². The first-order valence-electron chi connectivity index (χ1n) is 7.73. The number of rotatable bonds is 4. The fraction of sp³-hybridized carbons (Fsp3) is 0.444. The SMILES string of the molecule is c1ccc2cc(CNC3CCOC3C3CC3)ccc2c1. The van der Waals surface area contributed by atoms with Gasteiger partial charge in [0.1, 0.15) is 0 Å². The molecule has 2 aromatic rings. The van der Waals surface area contributed by atoms with Gasteiger partial charge in [-0.05, 0) is 47.6 Å². The normalized spacial score (nSPS) is 26.2. The Hall–Kier alpha value is -1.38. The molecular weight excluding hydrogens is 246 g/mol. The predicted molar refractivity (Wildman–Crippen MR) is 81.7 cm³/mol. The Kier molecular flexibility index (Phi) is 3.21. The summed E-state index contributed by atoms with van der Waals surface area (Å²) in [5.41, 5.74) is 1.37. The summed E-state index contributed by atoms with van der Waals surface area (Å²) in [6, 6.07) is 15.8. The molecule has 20 heavy (non-hydrogen) atoms. The topological polar surface area (TPSA) is 21.3 Å². The third kappa shape index (κ3) is 2.46. The Morgan fingerprint density at radius 1 is 1.00 bits per heavy atom. The third-order valence-electron chi connectivity index (χ3n) is 4.60. The van der Waals surface area contributed by atoms with Crippen LogP contribution in [0.3, 0.4) is 0 Å². The fourth-order valence-electron chi connectivity index (χ4n) is 3.32. The van der Waals surface area contributed by atoms with Gasteiger partial charge < -0.3 is 10.1 Å². The highest BCUT2D eigenvalue weighted by Crippen LogP contribution is 2.38. The van der Waals surface area contributed by atoms with Crippen LogP contribution in [0.1, 0.15) is 24.8 Å². The monoisotopic (exact) mass is 267 g/mol. The van der Waals surface area contributed by atoms with Crippen LogP contribution in [0, 0.1) is 5.92 Å². The second kappa shape index (κ2) is 5.19. The molecule has 2 atom stereocenters. The van der Waals surface area contributed by atoms with Crippen molar-refractivity contribution in [1.82, 2.24) is 5.32 Å². The zero-order chi connectivity index (χ0) is 13.4. The minimum Gasteiger partial charge on any atom is -0.376 e. The molecule has 2 heteroatoms. The summed E-state index contributed by atoms with van der Waals surface area (Å²) in [5.74, 6) is 0.826. The van der Waals surface area contributed by atoms with Crippen molar-refractivity contribution in [2.24, 2.45) is 5.92 Å². The fourth-order valence-corrected chi connectivity index (χ4v) is 3.32. The van der Waals surface area contributed by atoms with Crippen LogP contribution < -0.4 is 5.32 Å². The van der Waals surface area contributed by atoms with Gasteiger partial charge in [0.15, 0.2) is 0 Å². The average molecular weight is 267 g/mol. The number of hydrogen-bond acceptors (Lipinski definition) is 2. The van der Waals surface area contributed by atoms with Gasteiger partial charge in [-0.1, -0.05) is 36.4 Å². The largest absolute Gasteiger partial charge is 0.376 e. The van der Waals surface area contributed by atoms with Crippen LogP contribution in [0.25, 0.3) is 10.8 Å². The average Bonchev–Trinajstić information content (AvgIpc) is 3.23. The van der Waals surface area contributed by atoms with Gasteiger partial charge in [-0.15, -0.1) is 0 Å². The van der Waals surface area contributed by atoms with Gasteiger partial charge in [-0.25, -0.2) is 0 Å². The zero-order valence-corrected chi connectivity index (χ0v) is 11.7. The van der Waals surface area contributed by atoms with Crippen LogP contribution >= 0.6 is 0 Å². The van der Waals surface area contributed by atoms with E-state index in [-0.39, 0.29) is 0 Å². The Morgan fingerprint density at radius 2 is 1.85 bits per heavy atom. The maximum Gasteiger partial charge on any atom is 0.0757 e. The second-order valence-electron chi connectivity index (χ2n) is 6.13. The molecule has 0 bridgehead atoms. The van der Waals surface area contributed by atoms with Crippen LogP contribution in [-0.2, 0) is 11.3 Å². The van der Waals surface area contributed by atoms with Gasteiger partial charge in [0.25, 0.3) is 0 Å². The lowest BCUT2D eigenvalue weighted by Gasteiger charge is -2.19. The van der Waals surface area contributed by atoms with E-state index < -0.39 is 0 Å². The highest BCUT2D eigenvalue weighted by atomic mass is 16.5. The molecule has 2 aliphatic rings. The maximum atomic E-state index is 5.89. The van der Waals surface area contributed by atoms with Crippen molar-refractivity contribution in [1.29, 1.82) is 0 Å². The Bertz CT molecular complexity index is 605. The molecule has 0 spiro atoms. The summed E-state index contributed by atoms with van der Waals surface area (Å²) in [7, 11) is 0. The quantitative estimate of drug-likeness (QED) is 0.915. The van der Waals surface area contributed by atoms with E-state index in [0.29, 0.717) is 12.1 Å². The van der Waals surface area contributed by atoms with E-state index in [0.717, 1.165) is 25.5 Å². The maximum absolute atomic E-state index is 5.89. The van der Waals surface area contributed by atoms with Gasteiger partial charge in [-0.3, -0.25) is 0 Å². The molecular formula is C18H21NO. The van der Waals surface area contributed by atoms with Crippen molar-refractivity contribution in [3.63, 3.8) is 0 Å². The van der Waals surface area contributed by atoms with Crippen LogP contribution in [0.5, 0.6) is 0 Å². The second-order valence-corrected chi connectivity index (χ2v) is 6.13. The molecule has 2 nitrogen and oxygen atoms in total. The molecule has 104 valence electrons. The van der Waals surface area contributed by atoms with E-state index in [1.807, 2.05) is 0 Å². The molecule has 1 saturated heterocycles. The van der Waals surface area contributed by atoms with E-state index in [9.17, 15) is 0 Å². The lowest BCUT2D eigenvalue weighted by molar-refractivity contribution is 0.0809. The van der Waals surface area contributed by atoms with Gasteiger partial charge in [0.2, 0.25) is 0 Å². The third-order valence-corrected chi connectivity index (χ3v) is 4.60. The molecule has 0 aromatic heterocycles. The smallest absolute Gasteiger partial charge is 0.0757 e. The molecule has 1 aliphatic heterocycles. The molecule has 1 N–H and O–H groups in total. The lowest BCUT2D eigenvalue weighted by Crippen LogP contribution is -2.37.